The first kappa shape index (κ1) is 79.2. The van der Waals surface area contributed by atoms with Crippen LogP contribution in [-0.4, -0.2) is 127 Å². The molecule has 0 aliphatic rings. The highest BCUT2D eigenvalue weighted by Crippen LogP contribution is 2.26. The Bertz CT molecular complexity index is 5720. The number of halogens is 4. The molecule has 110 heavy (non-hydrogen) atoms. The summed E-state index contributed by atoms with van der Waals surface area (Å²) in [5, 5.41) is 50.0. The summed E-state index contributed by atoms with van der Waals surface area (Å²) < 4.78 is 16.2. The smallest absolute Gasteiger partial charge is 0.358 e. The zero-order chi connectivity index (χ0) is 78.4. The predicted molar refractivity (Wildman–Crippen MR) is 417 cm³/mol. The van der Waals surface area contributed by atoms with Gasteiger partial charge in [0, 0.05) is 109 Å². The van der Waals surface area contributed by atoms with Crippen LogP contribution in [0.4, 0.5) is 11.6 Å². The van der Waals surface area contributed by atoms with E-state index in [1.807, 2.05) is 125 Å². The summed E-state index contributed by atoms with van der Waals surface area (Å²) in [5.74, 6) is 0.852. The normalized spacial score (nSPS) is 11.0. The van der Waals surface area contributed by atoms with Gasteiger partial charge in [-0.3, -0.25) is 29.5 Å². The maximum atomic E-state index is 13.0. The van der Waals surface area contributed by atoms with Gasteiger partial charge < -0.3 is 70.3 Å². The molecule has 28 nitrogen and oxygen atoms in total. The quantitative estimate of drug-likeness (QED) is 0.0329. The van der Waals surface area contributed by atoms with E-state index in [1.54, 1.807) is 67.6 Å². The molecule has 10 N–H and O–H groups in total. The SMILES string of the molecule is COC(=O)c1cn(Cc2ccc3ncc(Cl)cc3c2)c(CO)n1.COC(=O)c1cnc(CO)n1Cc1ccc2ncc(Cl)cc2c1.Cc1cc(N)nc(C)c1CNC(=O)c1cn(Cc2ccc3ncc(Cl)cc3c2)c(CO)n1.Cc1cc(N)nc(C)c1CNC(=O)c1cnc(CO)n1Cc1ccc2ncc(Cl)cc2c1. The van der Waals surface area contributed by atoms with Crippen LogP contribution in [0.15, 0.2) is 159 Å². The summed E-state index contributed by atoms with van der Waals surface area (Å²) in [4.78, 5) is 91.3. The van der Waals surface area contributed by atoms with Gasteiger partial charge in [-0.15, -0.1) is 0 Å². The maximum absolute atomic E-state index is 13.0. The number of anilines is 2. The number of carbonyl (C=O) groups excluding carboxylic acids is 4. The number of methoxy groups -OCH3 is 2. The lowest BCUT2D eigenvalue weighted by Crippen LogP contribution is -2.27. The minimum absolute atomic E-state index is 0.169. The molecule has 14 aromatic rings. The lowest BCUT2D eigenvalue weighted by atomic mass is 10.1. The zero-order valence-electron chi connectivity index (χ0n) is 60.2. The number of fused-ring (bicyclic) bond motifs is 4. The lowest BCUT2D eigenvalue weighted by Gasteiger charge is -2.14. The molecular weight excluding hydrogens is 1490 g/mol. The summed E-state index contributed by atoms with van der Waals surface area (Å²) in [6.07, 6.45) is 12.5. The minimum atomic E-state index is -0.534. The van der Waals surface area contributed by atoms with E-state index in [0.717, 1.165) is 99.5 Å². The third kappa shape index (κ3) is 19.3. The van der Waals surface area contributed by atoms with Crippen LogP contribution in [-0.2, 0) is 75.2 Å². The van der Waals surface area contributed by atoms with Gasteiger partial charge >= 0.3 is 11.9 Å². The standard InChI is InChI=1S/2C23H23ClN6O2.2C16H14ClN3O3/c1-13-5-21(25)29-14(2)18(13)9-28-23(32)20-10-27-22(12-31)30(20)11-15-3-4-19-16(6-15)7-17(24)8-26-19;1-13-5-21(25)28-14(2)18(13)9-27-23(32)20-11-30(22(12-31)29-20)10-15-3-4-19-16(6-15)7-17(24)8-26-19;1-23-16(22)14-7-19-15(9-21)20(14)8-10-2-3-13-11(4-10)5-12(17)6-18-13;1-23-16(22)14-8-20(15(9-21)19-14)7-10-2-3-13-11(4-10)5-12(17)6-18-13/h3-8,10,31H,9,11-12H2,1-2H3,(H2,25,29)(H,28,32);3-8,11,31H,9-10,12H2,1-2H3,(H2,25,28)(H,27,32);2-7,21H,8-9H2,1H3;2-6,8,21H,7,9H2,1H3. The van der Waals surface area contributed by atoms with Crippen molar-refractivity contribution < 1.29 is 49.1 Å². The van der Waals surface area contributed by atoms with E-state index < -0.39 is 11.9 Å². The van der Waals surface area contributed by atoms with Crippen LogP contribution >= 0.6 is 46.4 Å². The largest absolute Gasteiger partial charge is 0.464 e. The van der Waals surface area contributed by atoms with Gasteiger partial charge in [0.05, 0.1) is 68.8 Å². The van der Waals surface area contributed by atoms with E-state index in [9.17, 15) is 39.6 Å². The van der Waals surface area contributed by atoms with Crippen LogP contribution in [0.2, 0.25) is 20.1 Å². The van der Waals surface area contributed by atoms with Gasteiger partial charge in [0.25, 0.3) is 11.8 Å². The number of pyridine rings is 6. The molecule has 10 heterocycles. The van der Waals surface area contributed by atoms with Crippen LogP contribution in [0.25, 0.3) is 43.6 Å². The van der Waals surface area contributed by atoms with Crippen LogP contribution in [0.5, 0.6) is 0 Å². The number of hydrogen-bond donors (Lipinski definition) is 8. The summed E-state index contributed by atoms with van der Waals surface area (Å²) in [5.41, 5.74) is 25.1. The van der Waals surface area contributed by atoms with E-state index in [-0.39, 0.29) is 49.6 Å². The molecule has 0 fully saturated rings. The monoisotopic (exact) mass is 1560 g/mol. The number of rotatable bonds is 20. The highest BCUT2D eigenvalue weighted by molar-refractivity contribution is 6.32. The number of aliphatic hydroxyl groups is 4. The second kappa shape index (κ2) is 35.9. The zero-order valence-corrected chi connectivity index (χ0v) is 63.3. The Hall–Kier alpha value is -11.9. The average molecular weight is 1570 g/mol. The molecule has 0 aliphatic heterocycles. The first-order chi connectivity index (χ1) is 52.9. The fourth-order valence-corrected chi connectivity index (χ4v) is 12.9. The van der Waals surface area contributed by atoms with E-state index in [1.165, 1.54) is 26.6 Å². The van der Waals surface area contributed by atoms with Gasteiger partial charge in [0.15, 0.2) is 5.69 Å². The molecule has 10 aromatic heterocycles. The Balaban J connectivity index is 0.000000147. The Morgan fingerprint density at radius 1 is 0.409 bits per heavy atom. The van der Waals surface area contributed by atoms with Crippen molar-refractivity contribution in [1.82, 2.24) is 78.7 Å². The fraction of sp³-hybridized carbons (Fsp3) is 0.205. The van der Waals surface area contributed by atoms with Crippen LogP contribution in [0, 0.1) is 27.7 Å². The number of nitrogens with zero attached hydrogens (tertiary/aromatic N) is 14. The Morgan fingerprint density at radius 3 is 1.13 bits per heavy atom. The minimum Gasteiger partial charge on any atom is -0.464 e. The summed E-state index contributed by atoms with van der Waals surface area (Å²) >= 11 is 24.1. The van der Waals surface area contributed by atoms with Crippen LogP contribution in [0.3, 0.4) is 0 Å². The summed E-state index contributed by atoms with van der Waals surface area (Å²) in [7, 11) is 2.60. The Labute approximate surface area is 649 Å². The number of esters is 2. The number of aromatic nitrogens is 14. The van der Waals surface area contributed by atoms with Crippen molar-refractivity contribution in [2.75, 3.05) is 25.7 Å². The summed E-state index contributed by atoms with van der Waals surface area (Å²) in [6.45, 7) is 8.74. The molecule has 564 valence electrons. The number of hydrogen-bond acceptors (Lipinski definition) is 22. The Kier molecular flexibility index (Phi) is 25.8. The van der Waals surface area contributed by atoms with Crippen LogP contribution in [0.1, 0.15) is 121 Å². The number of ether oxygens (including phenoxy) is 2. The molecular formula is C78H74Cl4N18O10. The average Bonchev–Trinajstić information content (AvgIpc) is 1.61. The molecule has 0 radical (unpaired) electrons. The van der Waals surface area contributed by atoms with Gasteiger partial charge in [0.1, 0.15) is 78.4 Å². The van der Waals surface area contributed by atoms with Gasteiger partial charge in [0.2, 0.25) is 0 Å². The van der Waals surface area contributed by atoms with E-state index in [0.29, 0.717) is 106 Å². The molecule has 0 aliphatic carbocycles. The first-order valence-corrected chi connectivity index (χ1v) is 35.4. The molecule has 4 aromatic carbocycles. The van der Waals surface area contributed by atoms with E-state index in [2.05, 4.69) is 65.2 Å². The van der Waals surface area contributed by atoms with Crippen molar-refractivity contribution in [3.05, 3.63) is 281 Å². The molecule has 0 saturated heterocycles. The van der Waals surface area contributed by atoms with Crippen molar-refractivity contribution >= 4 is 125 Å². The van der Waals surface area contributed by atoms with Gasteiger partial charge in [-0.25, -0.2) is 39.5 Å². The number of amides is 2. The molecule has 0 bridgehead atoms. The molecule has 0 atom stereocenters. The highest BCUT2D eigenvalue weighted by Gasteiger charge is 2.22. The summed E-state index contributed by atoms with van der Waals surface area (Å²) in [6, 6.07) is 34.1. The number of carbonyl (C=O) groups is 4. The molecule has 0 saturated carbocycles. The number of nitrogens with one attached hydrogen (secondary N) is 2. The molecule has 32 heteroatoms. The number of aryl methyl sites for hydroxylation is 4. The number of nitrogen functional groups attached to an aromatic ring is 2. The van der Waals surface area contributed by atoms with Crippen molar-refractivity contribution in [3.8, 4) is 0 Å². The second-order valence-corrected chi connectivity index (χ2v) is 26.9. The third-order valence-corrected chi connectivity index (χ3v) is 18.5. The number of nitrogens with two attached hydrogens (primary N) is 2. The highest BCUT2D eigenvalue weighted by atomic mass is 35.5. The second-order valence-electron chi connectivity index (χ2n) is 25.2. The van der Waals surface area contributed by atoms with Crippen molar-refractivity contribution in [1.29, 1.82) is 0 Å². The van der Waals surface area contributed by atoms with Gasteiger partial charge in [-0.05, 0) is 157 Å². The molecule has 14 rings (SSSR count). The van der Waals surface area contributed by atoms with Crippen molar-refractivity contribution in [3.63, 3.8) is 0 Å². The molecule has 0 spiro atoms. The molecule has 2 amide bonds. The Morgan fingerprint density at radius 2 is 0.755 bits per heavy atom. The van der Waals surface area contributed by atoms with E-state index in [4.69, 9.17) is 62.6 Å². The predicted octanol–water partition coefficient (Wildman–Crippen LogP) is 11.1. The first-order valence-electron chi connectivity index (χ1n) is 33.9. The van der Waals surface area contributed by atoms with Gasteiger partial charge in [-0.2, -0.15) is 0 Å². The van der Waals surface area contributed by atoms with Crippen molar-refractivity contribution in [2.24, 2.45) is 0 Å². The number of imidazole rings is 4. The number of aliphatic hydroxyl groups excluding tert-OH is 4. The van der Waals surface area contributed by atoms with Crippen molar-refractivity contribution in [2.45, 2.75) is 93.4 Å². The fourth-order valence-electron chi connectivity index (χ4n) is 12.2. The lowest BCUT2D eigenvalue weighted by molar-refractivity contribution is 0.0582. The number of benzene rings is 4. The van der Waals surface area contributed by atoms with E-state index >= 15 is 0 Å². The van der Waals surface area contributed by atoms with Crippen LogP contribution < -0.4 is 22.1 Å². The maximum Gasteiger partial charge on any atom is 0.358 e. The van der Waals surface area contributed by atoms with Gasteiger partial charge in [-0.1, -0.05) is 70.7 Å². The third-order valence-electron chi connectivity index (χ3n) is 17.7. The topological polar surface area (TPSA) is 392 Å². The molecule has 0 unspecified atom stereocenters.